The van der Waals surface area contributed by atoms with Crippen LogP contribution in [-0.2, 0) is 6.18 Å². The first-order valence-corrected chi connectivity index (χ1v) is 8.38. The highest BCUT2D eigenvalue weighted by Crippen LogP contribution is 2.41. The normalized spacial score (nSPS) is 21.6. The van der Waals surface area contributed by atoms with Crippen molar-refractivity contribution >= 4 is 11.9 Å². The number of halogens is 3. The number of anilines is 1. The Labute approximate surface area is 135 Å². The van der Waals surface area contributed by atoms with E-state index in [9.17, 15) is 13.2 Å². The molecule has 0 N–H and O–H groups in total. The molecular formula is C18H24F3N2+. The molecule has 1 spiro atoms. The van der Waals surface area contributed by atoms with Crippen molar-refractivity contribution in [1.82, 2.24) is 0 Å². The van der Waals surface area contributed by atoms with Crippen LogP contribution in [0.5, 0.6) is 0 Å². The van der Waals surface area contributed by atoms with Gasteiger partial charge in [0.1, 0.15) is 19.3 Å². The van der Waals surface area contributed by atoms with E-state index in [4.69, 9.17) is 0 Å². The van der Waals surface area contributed by atoms with Crippen molar-refractivity contribution in [3.8, 4) is 0 Å². The summed E-state index contributed by atoms with van der Waals surface area (Å²) in [4.78, 5) is 2.23. The van der Waals surface area contributed by atoms with E-state index >= 15 is 0 Å². The van der Waals surface area contributed by atoms with Crippen LogP contribution >= 0.6 is 0 Å². The molecule has 0 bridgehead atoms. The van der Waals surface area contributed by atoms with E-state index in [1.165, 1.54) is 25.0 Å². The van der Waals surface area contributed by atoms with Gasteiger partial charge in [0.05, 0.1) is 5.56 Å². The Morgan fingerprint density at radius 2 is 1.57 bits per heavy atom. The SMILES string of the molecule is CC=[N+]1CCC2(CCN(c3ccc(C(F)(F)F)cc3)CC2)CC1. The van der Waals surface area contributed by atoms with Gasteiger partial charge in [-0.2, -0.15) is 13.2 Å². The molecule has 5 heteroatoms. The Hall–Kier alpha value is -1.52. The van der Waals surface area contributed by atoms with Crippen molar-refractivity contribution < 1.29 is 17.7 Å². The molecule has 0 unspecified atom stereocenters. The molecular weight excluding hydrogens is 301 g/mol. The number of rotatable bonds is 1. The highest BCUT2D eigenvalue weighted by atomic mass is 19.4. The quantitative estimate of drug-likeness (QED) is 0.702. The minimum Gasteiger partial charge on any atom is -0.371 e. The minimum atomic E-state index is -4.26. The number of nitrogens with zero attached hydrogens (tertiary/aromatic N) is 2. The maximum absolute atomic E-state index is 12.6. The molecule has 0 aromatic heterocycles. The Kier molecular flexibility index (Phi) is 4.39. The van der Waals surface area contributed by atoms with Gasteiger partial charge in [-0.3, -0.25) is 0 Å². The summed E-state index contributed by atoms with van der Waals surface area (Å²) in [7, 11) is 0. The first kappa shape index (κ1) is 16.3. The van der Waals surface area contributed by atoms with E-state index in [2.05, 4.69) is 22.6 Å². The van der Waals surface area contributed by atoms with Gasteiger partial charge >= 0.3 is 6.18 Å². The second-order valence-electron chi connectivity index (χ2n) is 6.83. The van der Waals surface area contributed by atoms with Crippen molar-refractivity contribution in [2.24, 2.45) is 5.41 Å². The first-order chi connectivity index (χ1) is 10.9. The van der Waals surface area contributed by atoms with Gasteiger partial charge in [0.2, 0.25) is 0 Å². The maximum Gasteiger partial charge on any atom is 0.416 e. The highest BCUT2D eigenvalue weighted by molar-refractivity contribution is 5.48. The van der Waals surface area contributed by atoms with E-state index < -0.39 is 11.7 Å². The minimum absolute atomic E-state index is 0.446. The third kappa shape index (κ3) is 3.54. The van der Waals surface area contributed by atoms with Crippen LogP contribution in [-0.4, -0.2) is 37.0 Å². The smallest absolute Gasteiger partial charge is 0.371 e. The predicted molar refractivity (Wildman–Crippen MR) is 86.3 cm³/mol. The summed E-state index contributed by atoms with van der Waals surface area (Å²) >= 11 is 0. The lowest BCUT2D eigenvalue weighted by molar-refractivity contribution is -0.542. The monoisotopic (exact) mass is 325 g/mol. The molecule has 0 amide bonds. The van der Waals surface area contributed by atoms with Crippen LogP contribution in [0, 0.1) is 5.41 Å². The number of alkyl halides is 3. The lowest BCUT2D eigenvalue weighted by atomic mass is 9.71. The predicted octanol–water partition coefficient (Wildman–Crippen LogP) is 4.19. The van der Waals surface area contributed by atoms with Crippen molar-refractivity contribution in [3.05, 3.63) is 29.8 Å². The van der Waals surface area contributed by atoms with Crippen molar-refractivity contribution in [1.29, 1.82) is 0 Å². The van der Waals surface area contributed by atoms with Gasteiger partial charge in [0.15, 0.2) is 0 Å². The summed E-state index contributed by atoms with van der Waals surface area (Å²) < 4.78 is 40.3. The fraction of sp³-hybridized carbons (Fsp3) is 0.611. The van der Waals surface area contributed by atoms with Crippen LogP contribution in [0.15, 0.2) is 24.3 Å². The standard InChI is InChI=1S/C18H24F3N2/c1-2-22-11-7-17(8-12-22)9-13-23(14-10-17)16-5-3-15(4-6-16)18(19,20)21/h2-6H,7-14H2,1H3/q+1. The summed E-state index contributed by atoms with van der Waals surface area (Å²) in [6, 6.07) is 5.59. The number of piperidine rings is 2. The first-order valence-electron chi connectivity index (χ1n) is 8.38. The van der Waals surface area contributed by atoms with Gasteiger partial charge in [0, 0.05) is 38.5 Å². The Morgan fingerprint density at radius 1 is 1.00 bits per heavy atom. The summed E-state index contributed by atoms with van der Waals surface area (Å²) in [6.45, 7) is 6.25. The fourth-order valence-electron chi connectivity index (χ4n) is 3.86. The summed E-state index contributed by atoms with van der Waals surface area (Å²) in [6.07, 6.45) is 2.67. The molecule has 2 saturated heterocycles. The Bertz CT molecular complexity index is 555. The van der Waals surface area contributed by atoms with Crippen LogP contribution in [0.25, 0.3) is 0 Å². The third-order valence-electron chi connectivity index (χ3n) is 5.61. The molecule has 23 heavy (non-hydrogen) atoms. The molecule has 2 fully saturated rings. The molecule has 2 heterocycles. The molecule has 3 rings (SSSR count). The summed E-state index contributed by atoms with van der Waals surface area (Å²) in [5, 5.41) is 0. The van der Waals surface area contributed by atoms with Gasteiger partial charge in [-0.05, 0) is 42.5 Å². The average molecular weight is 325 g/mol. The Morgan fingerprint density at radius 3 is 2.04 bits per heavy atom. The molecule has 1 aromatic rings. The number of hydrogen-bond donors (Lipinski definition) is 0. The molecule has 2 nitrogen and oxygen atoms in total. The topological polar surface area (TPSA) is 6.25 Å². The van der Waals surface area contributed by atoms with Gasteiger partial charge in [-0.1, -0.05) is 0 Å². The summed E-state index contributed by atoms with van der Waals surface area (Å²) in [5.74, 6) is 0. The van der Waals surface area contributed by atoms with Crippen LogP contribution in [0.4, 0.5) is 18.9 Å². The molecule has 0 atom stereocenters. The zero-order valence-electron chi connectivity index (χ0n) is 13.6. The van der Waals surface area contributed by atoms with Crippen molar-refractivity contribution in [2.75, 3.05) is 31.1 Å². The largest absolute Gasteiger partial charge is 0.416 e. The van der Waals surface area contributed by atoms with Crippen LogP contribution < -0.4 is 4.90 Å². The summed E-state index contributed by atoms with van der Waals surface area (Å²) in [5.41, 5.74) is 0.784. The van der Waals surface area contributed by atoms with E-state index in [1.54, 1.807) is 12.1 Å². The molecule has 1 aromatic carbocycles. The molecule has 0 saturated carbocycles. The molecule has 126 valence electrons. The molecule has 2 aliphatic heterocycles. The zero-order chi connectivity index (χ0) is 16.5. The number of hydrogen-bond acceptors (Lipinski definition) is 1. The van der Waals surface area contributed by atoms with Crippen molar-refractivity contribution in [3.63, 3.8) is 0 Å². The fourth-order valence-corrected chi connectivity index (χ4v) is 3.86. The van der Waals surface area contributed by atoms with Crippen LogP contribution in [0.1, 0.15) is 38.2 Å². The van der Waals surface area contributed by atoms with Crippen LogP contribution in [0.2, 0.25) is 0 Å². The van der Waals surface area contributed by atoms with E-state index in [-0.39, 0.29) is 0 Å². The zero-order valence-corrected chi connectivity index (χ0v) is 13.6. The van der Waals surface area contributed by atoms with E-state index in [1.807, 2.05) is 0 Å². The third-order valence-corrected chi connectivity index (χ3v) is 5.61. The lowest BCUT2D eigenvalue weighted by Gasteiger charge is -2.43. The van der Waals surface area contributed by atoms with E-state index in [0.29, 0.717) is 5.41 Å². The molecule has 2 aliphatic rings. The van der Waals surface area contributed by atoms with Gasteiger partial charge in [-0.25, -0.2) is 4.58 Å². The van der Waals surface area contributed by atoms with Gasteiger partial charge in [0.25, 0.3) is 0 Å². The lowest BCUT2D eigenvalue weighted by Crippen LogP contribution is -2.45. The van der Waals surface area contributed by atoms with E-state index in [0.717, 1.165) is 44.7 Å². The molecule has 0 aliphatic carbocycles. The highest BCUT2D eigenvalue weighted by Gasteiger charge is 2.39. The van der Waals surface area contributed by atoms with Crippen molar-refractivity contribution in [2.45, 2.75) is 38.8 Å². The molecule has 0 radical (unpaired) electrons. The van der Waals surface area contributed by atoms with Gasteiger partial charge < -0.3 is 4.90 Å². The van der Waals surface area contributed by atoms with Gasteiger partial charge in [-0.15, -0.1) is 0 Å². The second-order valence-corrected chi connectivity index (χ2v) is 6.83. The Balaban J connectivity index is 1.61. The maximum atomic E-state index is 12.6. The van der Waals surface area contributed by atoms with Crippen LogP contribution in [0.3, 0.4) is 0 Å². The number of benzene rings is 1. The average Bonchev–Trinajstić information content (AvgIpc) is 2.56. The second kappa shape index (κ2) is 6.17.